The first kappa shape index (κ1) is 36.9. The number of benzene rings is 7. The maximum absolute atomic E-state index is 6.85. The lowest BCUT2D eigenvalue weighted by Crippen LogP contribution is -2.52. The van der Waals surface area contributed by atoms with Gasteiger partial charge in [-0.3, -0.25) is 0 Å². The fourth-order valence-corrected chi connectivity index (χ4v) is 10.0. The highest BCUT2D eigenvalue weighted by Gasteiger charge is 2.46. The van der Waals surface area contributed by atoms with Crippen LogP contribution < -0.4 is 15.5 Å². The van der Waals surface area contributed by atoms with E-state index in [1.807, 2.05) is 18.2 Å². The van der Waals surface area contributed by atoms with E-state index >= 15 is 0 Å². The number of hydrogen-bond donors (Lipinski definition) is 0. The lowest BCUT2D eigenvalue weighted by Gasteiger charge is -2.43. The molecule has 0 radical (unpaired) electrons. The summed E-state index contributed by atoms with van der Waals surface area (Å²) >= 11 is 0. The molecule has 12 rings (SSSR count). The molecule has 5 heteroatoms. The topological polar surface area (TPSA) is 55.1 Å². The number of allylic oxidation sites excluding steroid dienone is 2. The van der Waals surface area contributed by atoms with Crippen LogP contribution in [0.2, 0.25) is 0 Å². The van der Waals surface area contributed by atoms with Gasteiger partial charge in [0, 0.05) is 38.9 Å². The van der Waals surface area contributed by atoms with Crippen LogP contribution >= 0.6 is 0 Å². The summed E-state index contributed by atoms with van der Waals surface area (Å²) in [7, 11) is 0. The summed E-state index contributed by atoms with van der Waals surface area (Å²) in [6.07, 6.45) is 14.7. The number of fused-ring (bicyclic) bond motifs is 6. The van der Waals surface area contributed by atoms with Crippen molar-refractivity contribution in [3.8, 4) is 67.5 Å². The van der Waals surface area contributed by atoms with E-state index in [9.17, 15) is 0 Å². The average molecular weight is 811 g/mol. The maximum Gasteiger partial charge on any atom is 0.164 e. The Morgan fingerprint density at radius 1 is 0.508 bits per heavy atom. The molecule has 9 aromatic rings. The molecular weight excluding hydrogens is 769 g/mol. The molecule has 0 saturated carbocycles. The Labute approximate surface area is 366 Å². The van der Waals surface area contributed by atoms with Crippen LogP contribution in [0.25, 0.3) is 90.7 Å². The molecule has 3 aliphatic rings. The van der Waals surface area contributed by atoms with Gasteiger partial charge in [-0.1, -0.05) is 194 Å². The van der Waals surface area contributed by atoms with Crippen LogP contribution in [-0.2, 0) is 0 Å². The number of furan rings is 1. The number of rotatable bonds is 7. The molecule has 3 atom stereocenters. The van der Waals surface area contributed by atoms with Gasteiger partial charge in [0.2, 0.25) is 0 Å². The summed E-state index contributed by atoms with van der Waals surface area (Å²) in [5.41, 5.74) is 13.9. The fourth-order valence-electron chi connectivity index (χ4n) is 10.0. The Morgan fingerprint density at radius 2 is 1.03 bits per heavy atom. The maximum atomic E-state index is 6.85. The van der Waals surface area contributed by atoms with Crippen molar-refractivity contribution >= 4 is 28.8 Å². The van der Waals surface area contributed by atoms with Crippen molar-refractivity contribution in [1.82, 2.24) is 15.0 Å². The van der Waals surface area contributed by atoms with Gasteiger partial charge in [0.15, 0.2) is 17.5 Å². The summed E-state index contributed by atoms with van der Waals surface area (Å²) in [6, 6.07) is 61.8. The van der Waals surface area contributed by atoms with Gasteiger partial charge < -0.3 is 9.32 Å². The van der Waals surface area contributed by atoms with Gasteiger partial charge in [0.25, 0.3) is 0 Å². The molecule has 3 unspecified atom stereocenters. The van der Waals surface area contributed by atoms with Crippen molar-refractivity contribution in [1.29, 1.82) is 0 Å². The van der Waals surface area contributed by atoms with Crippen molar-refractivity contribution in [2.24, 2.45) is 0 Å². The van der Waals surface area contributed by atoms with Crippen LogP contribution in [0.1, 0.15) is 24.8 Å². The summed E-state index contributed by atoms with van der Waals surface area (Å²) in [5, 5.41) is 2.09. The Balaban J connectivity index is 0.981. The first-order chi connectivity index (χ1) is 31.1. The van der Waals surface area contributed by atoms with Crippen molar-refractivity contribution in [2.45, 2.75) is 30.8 Å². The highest BCUT2D eigenvalue weighted by molar-refractivity contribution is 5.94. The summed E-state index contributed by atoms with van der Waals surface area (Å²) in [5.74, 6) is 2.08. The molecule has 1 aliphatic heterocycles. The van der Waals surface area contributed by atoms with Crippen LogP contribution in [0, 0.1) is 0 Å². The van der Waals surface area contributed by atoms with Crippen LogP contribution in [0.4, 0.5) is 5.69 Å². The Kier molecular flexibility index (Phi) is 8.75. The predicted molar refractivity (Wildman–Crippen MR) is 257 cm³/mol. The van der Waals surface area contributed by atoms with E-state index in [1.165, 1.54) is 22.4 Å². The molecule has 300 valence electrons. The SMILES string of the molecule is CC1(N2c3cccc(-c4ccccc4)c3C3C=CC=CC32)C=c2oc3cccc(-c4nc(-c5ccc(-c6ccccc6)cc5)nc(-c5ccc(-c6ccccc6)cc5)n4)c3c2=CC1. The standard InChI is InChI=1S/C58H42N4O/c1-58(62-49-24-12-11-21-46(49)53-45(22-13-25-50(53)62)42-19-9-4-10-20-42)36-35-47-52(37-58)63-51-26-14-23-48(54(47)51)57-60-55(43-31-27-40(28-32-43)38-15-5-2-6-16-38)59-56(61-57)44-33-29-41(30-34-44)39-17-7-3-8-18-39/h2-35,37,46,49H,36H2,1H3. The van der Waals surface area contributed by atoms with Crippen molar-refractivity contribution in [3.63, 3.8) is 0 Å². The van der Waals surface area contributed by atoms with E-state index in [0.29, 0.717) is 17.5 Å². The minimum atomic E-state index is -0.356. The molecule has 0 bridgehead atoms. The minimum absolute atomic E-state index is 0.177. The predicted octanol–water partition coefficient (Wildman–Crippen LogP) is 12.4. The molecule has 3 heterocycles. The van der Waals surface area contributed by atoms with E-state index in [4.69, 9.17) is 19.4 Å². The Morgan fingerprint density at radius 3 is 1.67 bits per heavy atom. The van der Waals surface area contributed by atoms with Crippen molar-refractivity contribution < 1.29 is 4.42 Å². The molecule has 2 aliphatic carbocycles. The number of anilines is 1. The third kappa shape index (κ3) is 6.35. The van der Waals surface area contributed by atoms with Gasteiger partial charge >= 0.3 is 0 Å². The minimum Gasteiger partial charge on any atom is -0.456 e. The highest BCUT2D eigenvalue weighted by atomic mass is 16.3. The van der Waals surface area contributed by atoms with E-state index in [-0.39, 0.29) is 17.5 Å². The van der Waals surface area contributed by atoms with Gasteiger partial charge in [0.1, 0.15) is 11.0 Å². The summed E-state index contributed by atoms with van der Waals surface area (Å²) in [6.45, 7) is 2.35. The summed E-state index contributed by atoms with van der Waals surface area (Å²) < 4.78 is 6.85. The third-order valence-corrected chi connectivity index (χ3v) is 13.0. The number of aromatic nitrogens is 3. The lowest BCUT2D eigenvalue weighted by atomic mass is 9.85. The molecule has 0 amide bonds. The van der Waals surface area contributed by atoms with E-state index in [0.717, 1.165) is 67.0 Å². The first-order valence-electron chi connectivity index (χ1n) is 21.7. The molecular formula is C58H42N4O. The second-order valence-corrected chi connectivity index (χ2v) is 16.9. The monoisotopic (exact) mass is 810 g/mol. The van der Waals surface area contributed by atoms with Gasteiger partial charge in [-0.2, -0.15) is 0 Å². The highest BCUT2D eigenvalue weighted by Crippen LogP contribution is 2.52. The Bertz CT molecular complexity index is 3270. The molecule has 0 saturated heterocycles. The smallest absolute Gasteiger partial charge is 0.164 e. The van der Waals surface area contributed by atoms with Crippen LogP contribution in [0.5, 0.6) is 0 Å². The van der Waals surface area contributed by atoms with E-state index in [1.54, 1.807) is 0 Å². The zero-order valence-corrected chi connectivity index (χ0v) is 34.8. The lowest BCUT2D eigenvalue weighted by molar-refractivity contribution is 0.496. The van der Waals surface area contributed by atoms with Crippen LogP contribution in [-0.4, -0.2) is 26.5 Å². The van der Waals surface area contributed by atoms with Crippen LogP contribution in [0.15, 0.2) is 205 Å². The molecule has 63 heavy (non-hydrogen) atoms. The zero-order chi connectivity index (χ0) is 41.9. The number of nitrogens with zero attached hydrogens (tertiary/aromatic N) is 4. The molecule has 0 spiro atoms. The fraction of sp³-hybridized carbons (Fsp3) is 0.0862. The van der Waals surface area contributed by atoms with Gasteiger partial charge in [-0.15, -0.1) is 0 Å². The van der Waals surface area contributed by atoms with Crippen molar-refractivity contribution in [2.75, 3.05) is 4.90 Å². The Hall–Kier alpha value is -7.89. The molecule has 0 fully saturated rings. The quantitative estimate of drug-likeness (QED) is 0.160. The largest absolute Gasteiger partial charge is 0.456 e. The van der Waals surface area contributed by atoms with Gasteiger partial charge in [0.05, 0.1) is 11.6 Å². The summed E-state index contributed by atoms with van der Waals surface area (Å²) in [4.78, 5) is 18.2. The van der Waals surface area contributed by atoms with Gasteiger partial charge in [-0.05, 0) is 70.5 Å². The average Bonchev–Trinajstić information content (AvgIpc) is 3.90. The molecule has 0 N–H and O–H groups in total. The van der Waals surface area contributed by atoms with Gasteiger partial charge in [-0.25, -0.2) is 15.0 Å². The molecule has 5 nitrogen and oxygen atoms in total. The normalized spacial score (nSPS) is 18.3. The molecule has 2 aromatic heterocycles. The second-order valence-electron chi connectivity index (χ2n) is 16.9. The van der Waals surface area contributed by atoms with E-state index in [2.05, 4.69) is 206 Å². The first-order valence-corrected chi connectivity index (χ1v) is 21.7. The van der Waals surface area contributed by atoms with Crippen LogP contribution in [0.3, 0.4) is 0 Å². The second kappa shape index (κ2) is 14.9. The van der Waals surface area contributed by atoms with Crippen molar-refractivity contribution in [3.05, 3.63) is 216 Å². The zero-order valence-electron chi connectivity index (χ0n) is 34.8. The van der Waals surface area contributed by atoms with E-state index < -0.39 is 0 Å². The number of hydrogen-bond acceptors (Lipinski definition) is 5. The molecule has 7 aromatic carbocycles. The third-order valence-electron chi connectivity index (χ3n) is 13.0.